The standard InChI is InChI=1S/C45H28N4S/c1-4-14-29(15-5-1)43-46-44(30-16-6-2-7-17-30)48-45(47-43)35-22-13-25-40-42(35)41-33(21-12-24-39(41)50-40)31-26-27-38-36(28-31)34-20-10-11-23-37(34)49(38)32-18-8-3-9-19-32/h1-28H. The number of hydrogen-bond donors (Lipinski definition) is 0. The number of thiophene rings is 1. The van der Waals surface area contributed by atoms with Crippen LogP contribution >= 0.6 is 11.3 Å². The maximum atomic E-state index is 5.12. The van der Waals surface area contributed by atoms with E-state index in [0.29, 0.717) is 17.5 Å². The van der Waals surface area contributed by atoms with E-state index in [-0.39, 0.29) is 0 Å². The third-order valence-electron chi connectivity index (χ3n) is 9.46. The fourth-order valence-corrected chi connectivity index (χ4v) is 8.38. The van der Waals surface area contributed by atoms with Crippen LogP contribution in [0.25, 0.3) is 93.0 Å². The van der Waals surface area contributed by atoms with Crippen LogP contribution in [0.3, 0.4) is 0 Å². The molecular formula is C45H28N4S. The van der Waals surface area contributed by atoms with E-state index in [9.17, 15) is 0 Å². The fourth-order valence-electron chi connectivity index (χ4n) is 7.22. The van der Waals surface area contributed by atoms with Gasteiger partial charge in [-0.2, -0.15) is 0 Å². The summed E-state index contributed by atoms with van der Waals surface area (Å²) in [5.74, 6) is 1.98. The molecule has 3 aromatic heterocycles. The summed E-state index contributed by atoms with van der Waals surface area (Å²) in [5.41, 5.74) is 8.84. The molecule has 7 aromatic carbocycles. The SMILES string of the molecule is c1ccc(-c2nc(-c3ccccc3)nc(-c3cccc4sc5cccc(-c6ccc7c(c6)c6ccccc6n7-c6ccccc6)c5c34)n2)cc1. The van der Waals surface area contributed by atoms with Crippen LogP contribution in [-0.4, -0.2) is 19.5 Å². The minimum Gasteiger partial charge on any atom is -0.309 e. The van der Waals surface area contributed by atoms with Crippen molar-refractivity contribution in [3.05, 3.63) is 170 Å². The Kier molecular flexibility index (Phi) is 6.64. The summed E-state index contributed by atoms with van der Waals surface area (Å²) in [7, 11) is 0. The average Bonchev–Trinajstić information content (AvgIpc) is 3.74. The lowest BCUT2D eigenvalue weighted by atomic mass is 9.96. The molecule has 0 unspecified atom stereocenters. The van der Waals surface area contributed by atoms with Crippen molar-refractivity contribution in [2.75, 3.05) is 0 Å². The van der Waals surface area contributed by atoms with Gasteiger partial charge in [0.2, 0.25) is 0 Å². The lowest BCUT2D eigenvalue weighted by Gasteiger charge is -2.11. The third kappa shape index (κ3) is 4.63. The Morgan fingerprint density at radius 2 is 0.920 bits per heavy atom. The van der Waals surface area contributed by atoms with Crippen molar-refractivity contribution in [1.29, 1.82) is 0 Å². The van der Waals surface area contributed by atoms with Gasteiger partial charge in [-0.15, -0.1) is 11.3 Å². The van der Waals surface area contributed by atoms with E-state index in [0.717, 1.165) is 22.4 Å². The third-order valence-corrected chi connectivity index (χ3v) is 10.6. The molecule has 0 amide bonds. The second-order valence-corrected chi connectivity index (χ2v) is 13.5. The van der Waals surface area contributed by atoms with E-state index in [1.807, 2.05) is 47.7 Å². The van der Waals surface area contributed by atoms with Crippen LogP contribution < -0.4 is 0 Å². The summed E-state index contributed by atoms with van der Waals surface area (Å²) >= 11 is 1.81. The molecule has 0 aliphatic heterocycles. The lowest BCUT2D eigenvalue weighted by Crippen LogP contribution is -2.00. The van der Waals surface area contributed by atoms with Crippen molar-refractivity contribution in [2.24, 2.45) is 0 Å². The molecule has 10 aromatic rings. The number of aromatic nitrogens is 4. The molecule has 0 saturated carbocycles. The van der Waals surface area contributed by atoms with Gasteiger partial charge in [0.25, 0.3) is 0 Å². The minimum absolute atomic E-state index is 0.659. The van der Waals surface area contributed by atoms with Crippen molar-refractivity contribution in [3.63, 3.8) is 0 Å². The molecule has 0 spiro atoms. The summed E-state index contributed by atoms with van der Waals surface area (Å²) in [6.07, 6.45) is 0. The van der Waals surface area contributed by atoms with Gasteiger partial charge >= 0.3 is 0 Å². The van der Waals surface area contributed by atoms with Crippen molar-refractivity contribution in [3.8, 4) is 51.0 Å². The number of fused-ring (bicyclic) bond motifs is 6. The summed E-state index contributed by atoms with van der Waals surface area (Å²) in [4.78, 5) is 15.2. The van der Waals surface area contributed by atoms with Crippen LogP contribution in [-0.2, 0) is 0 Å². The predicted octanol–water partition coefficient (Wildman–Crippen LogP) is 12.0. The minimum atomic E-state index is 0.659. The monoisotopic (exact) mass is 656 g/mol. The molecule has 10 rings (SSSR count). The van der Waals surface area contributed by atoms with Crippen LogP contribution in [0, 0.1) is 0 Å². The smallest absolute Gasteiger partial charge is 0.164 e. The lowest BCUT2D eigenvalue weighted by molar-refractivity contribution is 1.08. The molecular weight excluding hydrogens is 629 g/mol. The summed E-state index contributed by atoms with van der Waals surface area (Å²) in [6, 6.07) is 59.7. The molecule has 234 valence electrons. The van der Waals surface area contributed by atoms with Crippen LogP contribution in [0.2, 0.25) is 0 Å². The van der Waals surface area contributed by atoms with Crippen molar-refractivity contribution >= 4 is 53.3 Å². The van der Waals surface area contributed by atoms with Gasteiger partial charge in [0.1, 0.15) is 0 Å². The van der Waals surface area contributed by atoms with Gasteiger partial charge in [0, 0.05) is 53.3 Å². The molecule has 0 aliphatic carbocycles. The zero-order valence-electron chi connectivity index (χ0n) is 26.9. The topological polar surface area (TPSA) is 43.6 Å². The van der Waals surface area contributed by atoms with Crippen LogP contribution in [0.4, 0.5) is 0 Å². The van der Waals surface area contributed by atoms with E-state index in [4.69, 9.17) is 15.0 Å². The highest BCUT2D eigenvalue weighted by Crippen LogP contribution is 2.45. The molecule has 5 heteroatoms. The maximum Gasteiger partial charge on any atom is 0.164 e. The number of para-hydroxylation sites is 2. The first kappa shape index (κ1) is 28.6. The van der Waals surface area contributed by atoms with E-state index < -0.39 is 0 Å². The first-order chi connectivity index (χ1) is 24.8. The number of benzene rings is 7. The summed E-state index contributed by atoms with van der Waals surface area (Å²) in [6.45, 7) is 0. The normalized spacial score (nSPS) is 11.6. The van der Waals surface area contributed by atoms with Gasteiger partial charge in [-0.25, -0.2) is 15.0 Å². The van der Waals surface area contributed by atoms with Crippen molar-refractivity contribution < 1.29 is 0 Å². The molecule has 50 heavy (non-hydrogen) atoms. The summed E-state index contributed by atoms with van der Waals surface area (Å²) < 4.78 is 4.80. The van der Waals surface area contributed by atoms with Gasteiger partial charge in [-0.05, 0) is 53.6 Å². The van der Waals surface area contributed by atoms with Gasteiger partial charge < -0.3 is 4.57 Å². The highest BCUT2D eigenvalue weighted by atomic mass is 32.1. The largest absolute Gasteiger partial charge is 0.309 e. The Labute approximate surface area is 292 Å². The second kappa shape index (κ2) is 11.6. The van der Waals surface area contributed by atoms with Gasteiger partial charge in [-0.1, -0.05) is 127 Å². The Bertz CT molecular complexity index is 2800. The molecule has 0 bridgehead atoms. The molecule has 4 nitrogen and oxygen atoms in total. The molecule has 0 radical (unpaired) electrons. The molecule has 3 heterocycles. The Morgan fingerprint density at radius 1 is 0.380 bits per heavy atom. The van der Waals surface area contributed by atoms with Gasteiger partial charge in [0.15, 0.2) is 17.5 Å². The molecule has 0 N–H and O–H groups in total. The highest BCUT2D eigenvalue weighted by molar-refractivity contribution is 7.26. The van der Waals surface area contributed by atoms with Crippen LogP contribution in [0.1, 0.15) is 0 Å². The Balaban J connectivity index is 1.22. The van der Waals surface area contributed by atoms with E-state index in [1.165, 1.54) is 53.1 Å². The number of rotatable bonds is 5. The van der Waals surface area contributed by atoms with Crippen LogP contribution in [0.15, 0.2) is 170 Å². The Hall–Kier alpha value is -6.43. The maximum absolute atomic E-state index is 5.12. The molecule has 0 fully saturated rings. The second-order valence-electron chi connectivity index (χ2n) is 12.4. The molecule has 0 saturated heterocycles. The zero-order valence-corrected chi connectivity index (χ0v) is 27.7. The quantitative estimate of drug-likeness (QED) is 0.185. The number of nitrogens with zero attached hydrogens (tertiary/aromatic N) is 4. The van der Waals surface area contributed by atoms with E-state index in [1.54, 1.807) is 0 Å². The van der Waals surface area contributed by atoms with E-state index in [2.05, 4.69) is 138 Å². The molecule has 0 atom stereocenters. The van der Waals surface area contributed by atoms with Gasteiger partial charge in [-0.3, -0.25) is 0 Å². The van der Waals surface area contributed by atoms with Gasteiger partial charge in [0.05, 0.1) is 11.0 Å². The zero-order chi connectivity index (χ0) is 33.0. The van der Waals surface area contributed by atoms with E-state index >= 15 is 0 Å². The number of hydrogen-bond acceptors (Lipinski definition) is 4. The average molecular weight is 657 g/mol. The van der Waals surface area contributed by atoms with Crippen LogP contribution in [0.5, 0.6) is 0 Å². The van der Waals surface area contributed by atoms with Crippen molar-refractivity contribution in [1.82, 2.24) is 19.5 Å². The first-order valence-electron chi connectivity index (χ1n) is 16.7. The summed E-state index contributed by atoms with van der Waals surface area (Å²) in [5, 5.41) is 4.86. The first-order valence-corrected chi connectivity index (χ1v) is 17.5. The fraction of sp³-hybridized carbons (Fsp3) is 0. The molecule has 0 aliphatic rings. The predicted molar refractivity (Wildman–Crippen MR) is 209 cm³/mol. The Morgan fingerprint density at radius 3 is 1.60 bits per heavy atom. The highest BCUT2D eigenvalue weighted by Gasteiger charge is 2.20. The van der Waals surface area contributed by atoms with Crippen molar-refractivity contribution in [2.45, 2.75) is 0 Å².